The van der Waals surface area contributed by atoms with Crippen LogP contribution in [0.25, 0.3) is 10.9 Å². The predicted octanol–water partition coefficient (Wildman–Crippen LogP) is 2.38. The van der Waals surface area contributed by atoms with E-state index < -0.39 is 5.91 Å². The molecule has 0 bridgehead atoms. The molecule has 0 saturated carbocycles. The number of aryl methyl sites for hydroxylation is 1. The van der Waals surface area contributed by atoms with Crippen molar-refractivity contribution in [2.45, 2.75) is 44.7 Å². The Hall–Kier alpha value is -2.18. The van der Waals surface area contributed by atoms with Gasteiger partial charge in [0.15, 0.2) is 0 Å². The average Bonchev–Trinajstić information content (AvgIpc) is 2.68. The van der Waals surface area contributed by atoms with Crippen molar-refractivity contribution in [1.29, 1.82) is 0 Å². The third kappa shape index (κ3) is 4.06. The van der Waals surface area contributed by atoms with Gasteiger partial charge in [-0.05, 0) is 50.8 Å². The Morgan fingerprint density at radius 1 is 1.15 bits per heavy atom. The van der Waals surface area contributed by atoms with E-state index in [9.17, 15) is 4.79 Å². The van der Waals surface area contributed by atoms with Crippen LogP contribution in [0.5, 0.6) is 0 Å². The number of nitrogens with one attached hydrogen (secondary N) is 1. The van der Waals surface area contributed by atoms with Crippen LogP contribution in [-0.4, -0.2) is 49.3 Å². The number of carbonyl (C=O) groups excluding carboxylic acids is 1. The van der Waals surface area contributed by atoms with Gasteiger partial charge >= 0.3 is 0 Å². The zero-order valence-electron chi connectivity index (χ0n) is 15.9. The van der Waals surface area contributed by atoms with Gasteiger partial charge in [-0.25, -0.2) is 4.98 Å². The SMILES string of the molecule is Cc1ccc2nc(N3CCC(NC4CCOCC4)CC3)c(C(N)=O)cc2c1. The highest BCUT2D eigenvalue weighted by molar-refractivity contribution is 6.01. The van der Waals surface area contributed by atoms with Gasteiger partial charge in [0.05, 0.1) is 11.1 Å². The molecule has 0 radical (unpaired) electrons. The number of amides is 1. The molecule has 3 heterocycles. The Kier molecular flexibility index (Phi) is 5.27. The summed E-state index contributed by atoms with van der Waals surface area (Å²) in [5.74, 6) is 0.312. The molecule has 2 fully saturated rings. The maximum Gasteiger partial charge on any atom is 0.252 e. The van der Waals surface area contributed by atoms with Crippen molar-refractivity contribution >= 4 is 22.6 Å². The molecule has 0 unspecified atom stereocenters. The van der Waals surface area contributed by atoms with E-state index in [1.54, 1.807) is 0 Å². The Labute approximate surface area is 160 Å². The minimum atomic E-state index is -0.414. The van der Waals surface area contributed by atoms with Crippen molar-refractivity contribution in [3.05, 3.63) is 35.4 Å². The summed E-state index contributed by atoms with van der Waals surface area (Å²) < 4.78 is 5.44. The number of anilines is 1. The van der Waals surface area contributed by atoms with E-state index >= 15 is 0 Å². The van der Waals surface area contributed by atoms with Crippen LogP contribution in [0.4, 0.5) is 5.82 Å². The zero-order valence-corrected chi connectivity index (χ0v) is 15.9. The van der Waals surface area contributed by atoms with E-state index in [4.69, 9.17) is 15.5 Å². The van der Waals surface area contributed by atoms with Gasteiger partial charge < -0.3 is 20.7 Å². The third-order valence-electron chi connectivity index (χ3n) is 5.70. The number of nitrogens with two attached hydrogens (primary N) is 1. The molecule has 3 N–H and O–H groups in total. The Balaban J connectivity index is 1.50. The highest BCUT2D eigenvalue weighted by atomic mass is 16.5. The molecule has 2 saturated heterocycles. The molecule has 4 rings (SSSR count). The lowest BCUT2D eigenvalue weighted by Gasteiger charge is -2.36. The highest BCUT2D eigenvalue weighted by Crippen LogP contribution is 2.27. The number of hydrogen-bond acceptors (Lipinski definition) is 5. The molecule has 2 aliphatic rings. The molecule has 0 spiro atoms. The zero-order chi connectivity index (χ0) is 18.8. The van der Waals surface area contributed by atoms with E-state index in [1.807, 2.05) is 31.2 Å². The van der Waals surface area contributed by atoms with E-state index in [-0.39, 0.29) is 0 Å². The van der Waals surface area contributed by atoms with Gasteiger partial charge in [0.1, 0.15) is 5.82 Å². The fourth-order valence-corrected chi connectivity index (χ4v) is 4.16. The first-order valence-electron chi connectivity index (χ1n) is 9.90. The summed E-state index contributed by atoms with van der Waals surface area (Å²) >= 11 is 0. The number of hydrogen-bond donors (Lipinski definition) is 2. The molecular formula is C21H28N4O2. The predicted molar refractivity (Wildman–Crippen MR) is 107 cm³/mol. The topological polar surface area (TPSA) is 80.5 Å². The minimum Gasteiger partial charge on any atom is -0.381 e. The minimum absolute atomic E-state index is 0.414. The first kappa shape index (κ1) is 18.2. The van der Waals surface area contributed by atoms with Crippen LogP contribution in [-0.2, 0) is 4.74 Å². The normalized spacial score (nSPS) is 19.5. The fraction of sp³-hybridized carbons (Fsp3) is 0.524. The number of primary amides is 1. The van der Waals surface area contributed by atoms with Crippen LogP contribution < -0.4 is 16.0 Å². The van der Waals surface area contributed by atoms with E-state index in [1.165, 1.54) is 0 Å². The summed E-state index contributed by atoms with van der Waals surface area (Å²) in [5, 5.41) is 4.75. The van der Waals surface area contributed by atoms with Crippen molar-refractivity contribution in [3.8, 4) is 0 Å². The second-order valence-corrected chi connectivity index (χ2v) is 7.73. The molecule has 1 aromatic heterocycles. The molecule has 1 amide bonds. The maximum absolute atomic E-state index is 12.1. The van der Waals surface area contributed by atoms with Crippen LogP contribution >= 0.6 is 0 Å². The molecule has 6 heteroatoms. The first-order chi connectivity index (χ1) is 13.1. The Morgan fingerprint density at radius 2 is 1.85 bits per heavy atom. The molecule has 1 aromatic carbocycles. The lowest BCUT2D eigenvalue weighted by molar-refractivity contribution is 0.0738. The quantitative estimate of drug-likeness (QED) is 0.866. The number of nitrogens with zero attached hydrogens (tertiary/aromatic N) is 2. The summed E-state index contributed by atoms with van der Waals surface area (Å²) in [5.41, 5.74) is 8.24. The molecule has 27 heavy (non-hydrogen) atoms. The number of piperidine rings is 1. The second-order valence-electron chi connectivity index (χ2n) is 7.73. The number of ether oxygens (including phenoxy) is 1. The number of pyridine rings is 1. The van der Waals surface area contributed by atoms with Crippen LogP contribution in [0.3, 0.4) is 0 Å². The van der Waals surface area contributed by atoms with Crippen molar-refractivity contribution in [2.75, 3.05) is 31.2 Å². The largest absolute Gasteiger partial charge is 0.381 e. The third-order valence-corrected chi connectivity index (χ3v) is 5.70. The lowest BCUT2D eigenvalue weighted by atomic mass is 10.0. The van der Waals surface area contributed by atoms with Crippen LogP contribution in [0.15, 0.2) is 24.3 Å². The number of carbonyl (C=O) groups is 1. The van der Waals surface area contributed by atoms with Gasteiger partial charge in [-0.2, -0.15) is 0 Å². The highest BCUT2D eigenvalue weighted by Gasteiger charge is 2.26. The molecule has 144 valence electrons. The van der Waals surface area contributed by atoms with Crippen molar-refractivity contribution in [1.82, 2.24) is 10.3 Å². The Bertz CT molecular complexity index is 824. The number of rotatable bonds is 4. The van der Waals surface area contributed by atoms with Gasteiger partial charge in [0.25, 0.3) is 5.91 Å². The Morgan fingerprint density at radius 3 is 2.56 bits per heavy atom. The summed E-state index contributed by atoms with van der Waals surface area (Å²) in [7, 11) is 0. The monoisotopic (exact) mass is 368 g/mol. The second kappa shape index (κ2) is 7.82. The van der Waals surface area contributed by atoms with Gasteiger partial charge in [0, 0.05) is 43.8 Å². The van der Waals surface area contributed by atoms with Crippen molar-refractivity contribution in [2.24, 2.45) is 5.73 Å². The van der Waals surface area contributed by atoms with E-state index in [0.717, 1.165) is 74.3 Å². The molecule has 0 aliphatic carbocycles. The van der Waals surface area contributed by atoms with Crippen molar-refractivity contribution in [3.63, 3.8) is 0 Å². The van der Waals surface area contributed by atoms with E-state index in [0.29, 0.717) is 17.6 Å². The molecule has 2 aliphatic heterocycles. The summed E-state index contributed by atoms with van der Waals surface area (Å²) in [6.45, 7) is 5.52. The first-order valence-corrected chi connectivity index (χ1v) is 9.90. The molecular weight excluding hydrogens is 340 g/mol. The fourth-order valence-electron chi connectivity index (χ4n) is 4.16. The van der Waals surface area contributed by atoms with Crippen LogP contribution in [0.2, 0.25) is 0 Å². The lowest BCUT2D eigenvalue weighted by Crippen LogP contribution is -2.48. The van der Waals surface area contributed by atoms with Gasteiger partial charge in [-0.3, -0.25) is 4.79 Å². The standard InChI is InChI=1S/C21H28N4O2/c1-14-2-3-19-15(12-14)13-18(20(22)26)21(24-19)25-8-4-16(5-9-25)23-17-6-10-27-11-7-17/h2-3,12-13,16-17,23H,4-11H2,1H3,(H2,22,26). The van der Waals surface area contributed by atoms with Crippen LogP contribution in [0.1, 0.15) is 41.6 Å². The van der Waals surface area contributed by atoms with Crippen molar-refractivity contribution < 1.29 is 9.53 Å². The number of benzene rings is 1. The maximum atomic E-state index is 12.1. The van der Waals surface area contributed by atoms with Gasteiger partial charge in [0.2, 0.25) is 0 Å². The summed E-state index contributed by atoms with van der Waals surface area (Å²) in [4.78, 5) is 19.1. The summed E-state index contributed by atoms with van der Waals surface area (Å²) in [6, 6.07) is 9.08. The number of aromatic nitrogens is 1. The smallest absolute Gasteiger partial charge is 0.252 e. The summed E-state index contributed by atoms with van der Waals surface area (Å²) in [6.07, 6.45) is 4.28. The molecule has 6 nitrogen and oxygen atoms in total. The average molecular weight is 368 g/mol. The van der Waals surface area contributed by atoms with Crippen LogP contribution in [0, 0.1) is 6.92 Å². The van der Waals surface area contributed by atoms with Gasteiger partial charge in [-0.15, -0.1) is 0 Å². The molecule has 0 atom stereocenters. The van der Waals surface area contributed by atoms with E-state index in [2.05, 4.69) is 10.2 Å². The molecule has 2 aromatic rings. The number of fused-ring (bicyclic) bond motifs is 1. The van der Waals surface area contributed by atoms with Gasteiger partial charge in [-0.1, -0.05) is 11.6 Å².